The van der Waals surface area contributed by atoms with Crippen LogP contribution in [0.15, 0.2) is 18.2 Å². The van der Waals surface area contributed by atoms with Crippen molar-refractivity contribution in [2.24, 2.45) is 0 Å². The number of aryl methyl sites for hydroxylation is 1. The van der Waals surface area contributed by atoms with Gasteiger partial charge in [0.2, 0.25) is 11.9 Å². The first kappa shape index (κ1) is 16.0. The number of rotatable bonds is 5. The lowest BCUT2D eigenvalue weighted by atomic mass is 10.0. The molecule has 0 atom stereocenters. The molecule has 0 aliphatic heterocycles. The molecule has 0 aliphatic carbocycles. The fourth-order valence-corrected chi connectivity index (χ4v) is 1.96. The molecule has 0 saturated carbocycles. The molecular formula is C16H23N5O. The van der Waals surface area contributed by atoms with Gasteiger partial charge in [0.1, 0.15) is 12.4 Å². The molecule has 6 nitrogen and oxygen atoms in total. The van der Waals surface area contributed by atoms with E-state index in [1.54, 1.807) is 4.90 Å². The predicted molar refractivity (Wildman–Crippen MR) is 88.2 cm³/mol. The molecule has 1 aromatic heterocycles. The number of nitrogens with two attached hydrogens (primary N) is 1. The van der Waals surface area contributed by atoms with Gasteiger partial charge in [0, 0.05) is 14.1 Å². The minimum Gasteiger partial charge on any atom is -0.485 e. The number of hydrogen-bond acceptors (Lipinski definition) is 6. The molecule has 0 fully saturated rings. The molecule has 22 heavy (non-hydrogen) atoms. The quantitative estimate of drug-likeness (QED) is 0.914. The van der Waals surface area contributed by atoms with Gasteiger partial charge in [0.15, 0.2) is 5.82 Å². The van der Waals surface area contributed by atoms with Gasteiger partial charge in [0.25, 0.3) is 0 Å². The molecule has 1 heterocycles. The van der Waals surface area contributed by atoms with Gasteiger partial charge < -0.3 is 15.4 Å². The fourth-order valence-electron chi connectivity index (χ4n) is 1.96. The zero-order chi connectivity index (χ0) is 16.3. The second-order valence-electron chi connectivity index (χ2n) is 5.77. The van der Waals surface area contributed by atoms with Gasteiger partial charge in [-0.15, -0.1) is 0 Å². The van der Waals surface area contributed by atoms with Gasteiger partial charge >= 0.3 is 0 Å². The Balaban J connectivity index is 2.18. The number of nitrogen functional groups attached to an aromatic ring is 1. The highest BCUT2D eigenvalue weighted by Gasteiger charge is 2.09. The summed E-state index contributed by atoms with van der Waals surface area (Å²) in [7, 11) is 3.71. The molecule has 0 saturated heterocycles. The summed E-state index contributed by atoms with van der Waals surface area (Å²) in [4.78, 5) is 14.3. The van der Waals surface area contributed by atoms with E-state index in [0.717, 1.165) is 11.3 Å². The summed E-state index contributed by atoms with van der Waals surface area (Å²) in [6, 6.07) is 6.26. The van der Waals surface area contributed by atoms with E-state index in [2.05, 4.69) is 47.0 Å². The van der Waals surface area contributed by atoms with E-state index in [1.165, 1.54) is 5.56 Å². The lowest BCUT2D eigenvalue weighted by Gasteiger charge is -2.14. The van der Waals surface area contributed by atoms with E-state index >= 15 is 0 Å². The average molecular weight is 301 g/mol. The number of benzene rings is 1. The minimum absolute atomic E-state index is 0.199. The van der Waals surface area contributed by atoms with Gasteiger partial charge in [-0.25, -0.2) is 0 Å². The Morgan fingerprint density at radius 1 is 1.18 bits per heavy atom. The van der Waals surface area contributed by atoms with Crippen LogP contribution in [0.2, 0.25) is 0 Å². The maximum absolute atomic E-state index is 5.88. The van der Waals surface area contributed by atoms with Crippen LogP contribution in [0.4, 0.5) is 11.9 Å². The van der Waals surface area contributed by atoms with Crippen LogP contribution in [0, 0.1) is 6.92 Å². The summed E-state index contributed by atoms with van der Waals surface area (Å²) >= 11 is 0. The first-order valence-electron chi connectivity index (χ1n) is 7.28. The Hall–Kier alpha value is -2.37. The molecule has 0 aliphatic rings. The highest BCUT2D eigenvalue weighted by Crippen LogP contribution is 2.24. The lowest BCUT2D eigenvalue weighted by Crippen LogP contribution is -2.17. The minimum atomic E-state index is 0.199. The molecule has 0 radical (unpaired) electrons. The van der Waals surface area contributed by atoms with Crippen molar-refractivity contribution >= 4 is 11.9 Å². The second-order valence-corrected chi connectivity index (χ2v) is 5.77. The molecule has 0 bridgehead atoms. The summed E-state index contributed by atoms with van der Waals surface area (Å²) in [6.07, 6.45) is 0. The largest absolute Gasteiger partial charge is 0.485 e. The Labute approximate surface area is 131 Å². The first-order chi connectivity index (χ1) is 10.4. The summed E-state index contributed by atoms with van der Waals surface area (Å²) in [5.41, 5.74) is 8.04. The summed E-state index contributed by atoms with van der Waals surface area (Å²) in [5, 5.41) is 0. The van der Waals surface area contributed by atoms with Crippen molar-refractivity contribution < 1.29 is 4.74 Å². The molecular weight excluding hydrogens is 278 g/mol. The van der Waals surface area contributed by atoms with Gasteiger partial charge in [-0.2, -0.15) is 15.0 Å². The highest BCUT2D eigenvalue weighted by atomic mass is 16.5. The molecule has 118 valence electrons. The molecule has 0 unspecified atom stereocenters. The van der Waals surface area contributed by atoms with Crippen LogP contribution in [0.1, 0.15) is 36.7 Å². The van der Waals surface area contributed by atoms with Gasteiger partial charge in [-0.3, -0.25) is 0 Å². The molecule has 2 rings (SSSR count). The monoisotopic (exact) mass is 301 g/mol. The Bertz CT molecular complexity index is 655. The Morgan fingerprint density at radius 3 is 2.55 bits per heavy atom. The van der Waals surface area contributed by atoms with Crippen molar-refractivity contribution in [3.8, 4) is 5.75 Å². The predicted octanol–water partition coefficient (Wildman–Crippen LogP) is 2.53. The lowest BCUT2D eigenvalue weighted by molar-refractivity contribution is 0.293. The highest BCUT2D eigenvalue weighted by molar-refractivity contribution is 5.38. The zero-order valence-electron chi connectivity index (χ0n) is 13.8. The van der Waals surface area contributed by atoms with Crippen molar-refractivity contribution in [1.82, 2.24) is 15.0 Å². The molecule has 0 amide bonds. The maximum Gasteiger partial charge on any atom is 0.230 e. The standard InChI is InChI=1S/C16H23N5O/c1-10(2)12-7-6-11(3)13(8-12)22-9-14-18-15(17)20-16(19-14)21(4)5/h6-8,10H,9H2,1-5H3,(H2,17,18,19,20). The van der Waals surface area contributed by atoms with Crippen LogP contribution in [0.25, 0.3) is 0 Å². The van der Waals surface area contributed by atoms with E-state index in [-0.39, 0.29) is 12.6 Å². The molecule has 0 spiro atoms. The van der Waals surface area contributed by atoms with Crippen LogP contribution >= 0.6 is 0 Å². The van der Waals surface area contributed by atoms with Crippen molar-refractivity contribution in [2.45, 2.75) is 33.3 Å². The molecule has 2 aromatic rings. The Kier molecular flexibility index (Phi) is 4.80. The van der Waals surface area contributed by atoms with E-state index in [9.17, 15) is 0 Å². The third kappa shape index (κ3) is 3.84. The van der Waals surface area contributed by atoms with E-state index in [0.29, 0.717) is 17.7 Å². The van der Waals surface area contributed by atoms with Crippen LogP contribution in [-0.2, 0) is 6.61 Å². The van der Waals surface area contributed by atoms with Crippen LogP contribution in [0.5, 0.6) is 5.75 Å². The normalized spacial score (nSPS) is 10.8. The van der Waals surface area contributed by atoms with Crippen LogP contribution < -0.4 is 15.4 Å². The summed E-state index contributed by atoms with van der Waals surface area (Å²) in [5.74, 6) is 2.54. The molecule has 2 N–H and O–H groups in total. The number of nitrogens with zero attached hydrogens (tertiary/aromatic N) is 4. The van der Waals surface area contributed by atoms with Crippen LogP contribution in [-0.4, -0.2) is 29.0 Å². The third-order valence-electron chi connectivity index (χ3n) is 3.32. The average Bonchev–Trinajstić information content (AvgIpc) is 2.45. The number of aromatic nitrogens is 3. The number of ether oxygens (including phenoxy) is 1. The number of anilines is 2. The van der Waals surface area contributed by atoms with Gasteiger partial charge in [-0.1, -0.05) is 26.0 Å². The van der Waals surface area contributed by atoms with E-state index in [1.807, 2.05) is 21.0 Å². The SMILES string of the molecule is Cc1ccc(C(C)C)cc1OCc1nc(N)nc(N(C)C)n1. The Morgan fingerprint density at radius 2 is 1.91 bits per heavy atom. The fraction of sp³-hybridized carbons (Fsp3) is 0.438. The number of hydrogen-bond donors (Lipinski definition) is 1. The zero-order valence-corrected chi connectivity index (χ0v) is 13.8. The topological polar surface area (TPSA) is 77.2 Å². The van der Waals surface area contributed by atoms with Crippen molar-refractivity contribution in [3.63, 3.8) is 0 Å². The summed E-state index contributed by atoms with van der Waals surface area (Å²) in [6.45, 7) is 6.59. The van der Waals surface area contributed by atoms with Crippen molar-refractivity contribution in [3.05, 3.63) is 35.2 Å². The molecule has 6 heteroatoms. The second kappa shape index (κ2) is 6.60. The van der Waals surface area contributed by atoms with Gasteiger partial charge in [-0.05, 0) is 30.0 Å². The van der Waals surface area contributed by atoms with Crippen molar-refractivity contribution in [1.29, 1.82) is 0 Å². The smallest absolute Gasteiger partial charge is 0.230 e. The van der Waals surface area contributed by atoms with Crippen molar-refractivity contribution in [2.75, 3.05) is 24.7 Å². The first-order valence-corrected chi connectivity index (χ1v) is 7.28. The third-order valence-corrected chi connectivity index (χ3v) is 3.32. The van der Waals surface area contributed by atoms with E-state index in [4.69, 9.17) is 10.5 Å². The molecule has 1 aromatic carbocycles. The summed E-state index contributed by atoms with van der Waals surface area (Å²) < 4.78 is 5.88. The van der Waals surface area contributed by atoms with Crippen LogP contribution in [0.3, 0.4) is 0 Å². The maximum atomic E-state index is 5.88. The van der Waals surface area contributed by atoms with E-state index < -0.39 is 0 Å². The van der Waals surface area contributed by atoms with Gasteiger partial charge in [0.05, 0.1) is 0 Å².